The number of esters is 1. The van der Waals surface area contributed by atoms with Gasteiger partial charge in [-0.15, -0.1) is 6.58 Å². The molecule has 0 aliphatic heterocycles. The van der Waals surface area contributed by atoms with Gasteiger partial charge in [0.25, 0.3) is 0 Å². The fourth-order valence-corrected chi connectivity index (χ4v) is 1.76. The number of hydrogen-bond acceptors (Lipinski definition) is 4. The first-order chi connectivity index (χ1) is 8.50. The van der Waals surface area contributed by atoms with Crippen molar-refractivity contribution in [3.63, 3.8) is 0 Å². The summed E-state index contributed by atoms with van der Waals surface area (Å²) in [5.41, 5.74) is -0.551. The molecule has 5 heteroatoms. The third-order valence-electron chi connectivity index (χ3n) is 3.02. The molecule has 0 aliphatic carbocycles. The predicted octanol–water partition coefficient (Wildman–Crippen LogP) is 1.99. The van der Waals surface area contributed by atoms with Gasteiger partial charge in [-0.1, -0.05) is 5.57 Å². The number of allylic oxidation sites excluding steroid dienone is 1. The predicted molar refractivity (Wildman–Crippen MR) is 71.6 cm³/mol. The van der Waals surface area contributed by atoms with E-state index in [4.69, 9.17) is 4.74 Å². The van der Waals surface area contributed by atoms with Crippen LogP contribution in [0.4, 0.5) is 0 Å². The van der Waals surface area contributed by atoms with Gasteiger partial charge < -0.3 is 14.9 Å². The van der Waals surface area contributed by atoms with E-state index in [9.17, 15) is 19.8 Å². The number of carboxylic acid groups (broad SMARTS) is 1. The van der Waals surface area contributed by atoms with E-state index in [1.165, 1.54) is 13.8 Å². The van der Waals surface area contributed by atoms with E-state index in [2.05, 4.69) is 6.58 Å². The molecule has 0 unspecified atom stereocenters. The van der Waals surface area contributed by atoms with Gasteiger partial charge in [0.05, 0.1) is 11.5 Å². The molecule has 0 spiro atoms. The molecule has 0 aromatic carbocycles. The molecule has 2 N–H and O–H groups in total. The number of aliphatic hydroxyl groups excluding tert-OH is 1. The Balaban J connectivity index is 5.20. The molecule has 0 bridgehead atoms. The summed E-state index contributed by atoms with van der Waals surface area (Å²) in [4.78, 5) is 23.1. The number of aliphatic hydroxyl groups is 1. The highest BCUT2D eigenvalue weighted by Crippen LogP contribution is 2.35. The van der Waals surface area contributed by atoms with Crippen LogP contribution in [0, 0.1) is 11.3 Å². The molecule has 0 rings (SSSR count). The topological polar surface area (TPSA) is 83.8 Å². The molecule has 0 aromatic heterocycles. The molecule has 0 saturated carbocycles. The monoisotopic (exact) mass is 272 g/mol. The maximum absolute atomic E-state index is 11.8. The van der Waals surface area contributed by atoms with Gasteiger partial charge in [-0.05, 0) is 41.0 Å². The van der Waals surface area contributed by atoms with Crippen molar-refractivity contribution in [2.45, 2.75) is 53.2 Å². The lowest BCUT2D eigenvalue weighted by atomic mass is 9.72. The molecule has 0 aliphatic rings. The van der Waals surface area contributed by atoms with Crippen molar-refractivity contribution in [3.8, 4) is 0 Å². The summed E-state index contributed by atoms with van der Waals surface area (Å²) >= 11 is 0. The molecule has 2 atom stereocenters. The minimum absolute atomic E-state index is 0.244. The third kappa shape index (κ3) is 5.03. The SMILES string of the molecule is C=C(C)C[C@@H]([C@H](O)C(=O)OC(C)C)C(C)(C)C(=O)O. The van der Waals surface area contributed by atoms with Crippen molar-refractivity contribution in [2.75, 3.05) is 0 Å². The maximum atomic E-state index is 11.8. The first kappa shape index (κ1) is 17.6. The van der Waals surface area contributed by atoms with Gasteiger partial charge in [-0.3, -0.25) is 4.79 Å². The van der Waals surface area contributed by atoms with E-state index in [0.717, 1.165) is 0 Å². The number of carbonyl (C=O) groups is 2. The second-order valence-electron chi connectivity index (χ2n) is 5.73. The number of carbonyl (C=O) groups excluding carboxylic acids is 1. The maximum Gasteiger partial charge on any atom is 0.335 e. The summed E-state index contributed by atoms with van der Waals surface area (Å²) in [5, 5.41) is 19.3. The molecule has 19 heavy (non-hydrogen) atoms. The molecule has 0 heterocycles. The lowest BCUT2D eigenvalue weighted by Gasteiger charge is -2.33. The Morgan fingerprint density at radius 3 is 2.11 bits per heavy atom. The zero-order valence-electron chi connectivity index (χ0n) is 12.3. The normalized spacial score (nSPS) is 14.9. The second kappa shape index (κ2) is 6.70. The van der Waals surface area contributed by atoms with Crippen molar-refractivity contribution < 1.29 is 24.5 Å². The van der Waals surface area contributed by atoms with Crippen molar-refractivity contribution in [3.05, 3.63) is 12.2 Å². The minimum Gasteiger partial charge on any atom is -0.481 e. The Labute approximate surface area is 114 Å². The van der Waals surface area contributed by atoms with Gasteiger partial charge in [-0.2, -0.15) is 0 Å². The quantitative estimate of drug-likeness (QED) is 0.547. The Bertz CT molecular complexity index is 357. The summed E-state index contributed by atoms with van der Waals surface area (Å²) in [6, 6.07) is 0. The Morgan fingerprint density at radius 1 is 1.32 bits per heavy atom. The van der Waals surface area contributed by atoms with E-state index < -0.39 is 29.4 Å². The number of aliphatic carboxylic acids is 1. The molecule has 0 saturated heterocycles. The van der Waals surface area contributed by atoms with Crippen molar-refractivity contribution in [2.24, 2.45) is 11.3 Å². The highest BCUT2D eigenvalue weighted by Gasteiger charge is 2.44. The van der Waals surface area contributed by atoms with Crippen LogP contribution in [0.15, 0.2) is 12.2 Å². The van der Waals surface area contributed by atoms with Crippen LogP contribution in [0.1, 0.15) is 41.0 Å². The van der Waals surface area contributed by atoms with Gasteiger partial charge in [0.15, 0.2) is 6.10 Å². The number of hydrogen-bond donors (Lipinski definition) is 2. The lowest BCUT2D eigenvalue weighted by molar-refractivity contribution is -0.168. The van der Waals surface area contributed by atoms with Crippen LogP contribution in [0.3, 0.4) is 0 Å². The highest BCUT2D eigenvalue weighted by atomic mass is 16.6. The van der Waals surface area contributed by atoms with E-state index in [1.807, 2.05) is 0 Å². The molecule has 0 amide bonds. The third-order valence-corrected chi connectivity index (χ3v) is 3.02. The van der Waals surface area contributed by atoms with Crippen LogP contribution in [0.25, 0.3) is 0 Å². The zero-order chi connectivity index (χ0) is 15.4. The standard InChI is InChI=1S/C14H24O5/c1-8(2)7-10(14(5,6)13(17)18)11(15)12(16)19-9(3)4/h9-11,15H,1,7H2,2-6H3,(H,17,18)/t10-,11-/m0/s1. The van der Waals surface area contributed by atoms with E-state index in [1.54, 1.807) is 20.8 Å². The lowest BCUT2D eigenvalue weighted by Crippen LogP contribution is -2.44. The smallest absolute Gasteiger partial charge is 0.335 e. The Hall–Kier alpha value is -1.36. The summed E-state index contributed by atoms with van der Waals surface area (Å²) in [6.07, 6.45) is -1.60. The van der Waals surface area contributed by atoms with E-state index in [-0.39, 0.29) is 12.5 Å². The largest absolute Gasteiger partial charge is 0.481 e. The van der Waals surface area contributed by atoms with Gasteiger partial charge in [0.2, 0.25) is 0 Å². The first-order valence-electron chi connectivity index (χ1n) is 6.26. The molecular formula is C14H24O5. The Morgan fingerprint density at radius 2 is 1.79 bits per heavy atom. The summed E-state index contributed by atoms with van der Waals surface area (Å²) in [7, 11) is 0. The molecule has 110 valence electrons. The van der Waals surface area contributed by atoms with Crippen molar-refractivity contribution in [1.82, 2.24) is 0 Å². The second-order valence-corrected chi connectivity index (χ2v) is 5.73. The van der Waals surface area contributed by atoms with Crippen molar-refractivity contribution >= 4 is 11.9 Å². The minimum atomic E-state index is -1.48. The van der Waals surface area contributed by atoms with Crippen LogP contribution in [-0.2, 0) is 14.3 Å². The molecule has 0 radical (unpaired) electrons. The van der Waals surface area contributed by atoms with Crippen molar-refractivity contribution in [1.29, 1.82) is 0 Å². The number of carboxylic acids is 1. The van der Waals surface area contributed by atoms with Crippen LogP contribution >= 0.6 is 0 Å². The molecular weight excluding hydrogens is 248 g/mol. The molecule has 0 fully saturated rings. The highest BCUT2D eigenvalue weighted by molar-refractivity contribution is 5.79. The summed E-state index contributed by atoms with van der Waals surface area (Å²) in [5.74, 6) is -2.65. The fourth-order valence-electron chi connectivity index (χ4n) is 1.76. The van der Waals surface area contributed by atoms with E-state index in [0.29, 0.717) is 5.57 Å². The van der Waals surface area contributed by atoms with Crippen LogP contribution in [-0.4, -0.2) is 34.4 Å². The zero-order valence-corrected chi connectivity index (χ0v) is 12.3. The number of rotatable bonds is 7. The average molecular weight is 272 g/mol. The first-order valence-corrected chi connectivity index (χ1v) is 6.26. The summed E-state index contributed by atoms with van der Waals surface area (Å²) < 4.78 is 4.94. The van der Waals surface area contributed by atoms with Crippen LogP contribution in [0.2, 0.25) is 0 Å². The van der Waals surface area contributed by atoms with Gasteiger partial charge in [0.1, 0.15) is 0 Å². The van der Waals surface area contributed by atoms with E-state index >= 15 is 0 Å². The summed E-state index contributed by atoms with van der Waals surface area (Å²) in [6.45, 7) is 11.7. The van der Waals surface area contributed by atoms with Gasteiger partial charge in [0, 0.05) is 5.92 Å². The molecule has 5 nitrogen and oxygen atoms in total. The average Bonchev–Trinajstić information content (AvgIpc) is 2.23. The van der Waals surface area contributed by atoms with Gasteiger partial charge >= 0.3 is 11.9 Å². The van der Waals surface area contributed by atoms with Crippen LogP contribution in [0.5, 0.6) is 0 Å². The number of ether oxygens (including phenoxy) is 1. The van der Waals surface area contributed by atoms with Gasteiger partial charge in [-0.25, -0.2) is 4.79 Å². The molecule has 0 aromatic rings. The Kier molecular flexibility index (Phi) is 6.22. The van der Waals surface area contributed by atoms with Crippen LogP contribution < -0.4 is 0 Å². The fraction of sp³-hybridized carbons (Fsp3) is 0.714.